The molecular formula is C11H11BrS. The number of thioether (sulfide) groups is 1. The summed E-state index contributed by atoms with van der Waals surface area (Å²) in [6, 6.07) is 8.32. The van der Waals surface area contributed by atoms with E-state index < -0.39 is 0 Å². The van der Waals surface area contributed by atoms with Crippen LogP contribution in [0.2, 0.25) is 0 Å². The monoisotopic (exact) mass is 254 g/mol. The molecule has 0 saturated carbocycles. The normalized spacial score (nSPS) is 9.54. The molecule has 0 heterocycles. The molecule has 2 heteroatoms. The Kier molecular flexibility index (Phi) is 5.03. The molecule has 0 saturated heterocycles. The van der Waals surface area contributed by atoms with Crippen LogP contribution in [-0.4, -0.2) is 5.75 Å². The summed E-state index contributed by atoms with van der Waals surface area (Å²) in [4.78, 5) is 1.30. The van der Waals surface area contributed by atoms with Crippen LogP contribution in [0.4, 0.5) is 0 Å². The van der Waals surface area contributed by atoms with Gasteiger partial charge in [-0.1, -0.05) is 22.0 Å². The molecule has 0 aliphatic heterocycles. The molecule has 1 aromatic carbocycles. The van der Waals surface area contributed by atoms with Gasteiger partial charge in [-0.25, -0.2) is 0 Å². The summed E-state index contributed by atoms with van der Waals surface area (Å²) in [7, 11) is 0. The summed E-state index contributed by atoms with van der Waals surface area (Å²) in [6.45, 7) is 0. The predicted molar refractivity (Wildman–Crippen MR) is 62.9 cm³/mol. The Hall–Kier alpha value is -0.390. The highest BCUT2D eigenvalue weighted by molar-refractivity contribution is 9.10. The van der Waals surface area contributed by atoms with E-state index in [2.05, 4.69) is 34.0 Å². The largest absolute Gasteiger partial charge is 0.126 e. The molecule has 0 aromatic heterocycles. The molecule has 0 atom stereocenters. The number of hydrogen-bond acceptors (Lipinski definition) is 1. The molecule has 1 aromatic rings. The average molecular weight is 255 g/mol. The van der Waals surface area contributed by atoms with Gasteiger partial charge < -0.3 is 0 Å². The minimum absolute atomic E-state index is 0.876. The fraction of sp³-hybridized carbons (Fsp3) is 0.273. The smallest absolute Gasteiger partial charge is 0.0186 e. The van der Waals surface area contributed by atoms with Gasteiger partial charge in [0, 0.05) is 15.8 Å². The van der Waals surface area contributed by atoms with Gasteiger partial charge in [0.2, 0.25) is 0 Å². The van der Waals surface area contributed by atoms with E-state index in [0.717, 1.165) is 23.1 Å². The first-order valence-corrected chi connectivity index (χ1v) is 5.92. The molecule has 0 amide bonds. The van der Waals surface area contributed by atoms with E-state index in [1.165, 1.54) is 4.90 Å². The highest BCUT2D eigenvalue weighted by Gasteiger charge is 1.93. The summed E-state index contributed by atoms with van der Waals surface area (Å²) in [5.74, 6) is 3.74. The lowest BCUT2D eigenvalue weighted by Gasteiger charge is -1.99. The zero-order valence-electron chi connectivity index (χ0n) is 7.29. The van der Waals surface area contributed by atoms with E-state index in [1.807, 2.05) is 23.9 Å². The molecule has 13 heavy (non-hydrogen) atoms. The molecule has 68 valence electrons. The lowest BCUT2D eigenvalue weighted by Crippen LogP contribution is -1.78. The molecule has 0 aliphatic carbocycles. The Balaban J connectivity index is 2.33. The fourth-order valence-electron chi connectivity index (χ4n) is 0.921. The Morgan fingerprint density at radius 1 is 1.46 bits per heavy atom. The van der Waals surface area contributed by atoms with Crippen LogP contribution >= 0.6 is 27.7 Å². The number of benzene rings is 1. The van der Waals surface area contributed by atoms with E-state index in [0.29, 0.717) is 0 Å². The third-order valence-corrected chi connectivity index (χ3v) is 3.10. The van der Waals surface area contributed by atoms with Gasteiger partial charge in [0.25, 0.3) is 0 Å². The molecule has 0 unspecified atom stereocenters. The summed E-state index contributed by atoms with van der Waals surface area (Å²) in [5, 5.41) is 0. The third kappa shape index (κ3) is 4.40. The lowest BCUT2D eigenvalue weighted by molar-refractivity contribution is 0.997. The molecule has 1 rings (SSSR count). The van der Waals surface area contributed by atoms with Gasteiger partial charge in [-0.15, -0.1) is 24.1 Å². The SMILES string of the molecule is C#CCCCSc1cccc(Br)c1. The number of rotatable bonds is 4. The van der Waals surface area contributed by atoms with Gasteiger partial charge in [0.15, 0.2) is 0 Å². The summed E-state index contributed by atoms with van der Waals surface area (Å²) >= 11 is 5.29. The fourth-order valence-corrected chi connectivity index (χ4v) is 2.38. The second kappa shape index (κ2) is 6.12. The minimum atomic E-state index is 0.876. The van der Waals surface area contributed by atoms with Crippen molar-refractivity contribution in [3.63, 3.8) is 0 Å². The second-order valence-corrected chi connectivity index (χ2v) is 4.70. The standard InChI is InChI=1S/C11H11BrS/c1-2-3-4-8-13-11-7-5-6-10(12)9-11/h1,5-7,9H,3-4,8H2. The van der Waals surface area contributed by atoms with Crippen LogP contribution in [0, 0.1) is 12.3 Å². The van der Waals surface area contributed by atoms with Crippen molar-refractivity contribution < 1.29 is 0 Å². The van der Waals surface area contributed by atoms with E-state index in [9.17, 15) is 0 Å². The first-order chi connectivity index (χ1) is 6.33. The van der Waals surface area contributed by atoms with Gasteiger partial charge in [-0.3, -0.25) is 0 Å². The van der Waals surface area contributed by atoms with Crippen LogP contribution in [0.1, 0.15) is 12.8 Å². The maximum absolute atomic E-state index is 5.17. The van der Waals surface area contributed by atoms with Crippen molar-refractivity contribution in [1.29, 1.82) is 0 Å². The first-order valence-electron chi connectivity index (χ1n) is 4.15. The van der Waals surface area contributed by atoms with Gasteiger partial charge >= 0.3 is 0 Å². The summed E-state index contributed by atoms with van der Waals surface area (Å²) in [6.07, 6.45) is 7.13. The van der Waals surface area contributed by atoms with E-state index >= 15 is 0 Å². The van der Waals surface area contributed by atoms with Crippen molar-refractivity contribution in [2.24, 2.45) is 0 Å². The third-order valence-electron chi connectivity index (χ3n) is 1.53. The van der Waals surface area contributed by atoms with Crippen molar-refractivity contribution in [2.45, 2.75) is 17.7 Å². The quantitative estimate of drug-likeness (QED) is 0.446. The zero-order valence-corrected chi connectivity index (χ0v) is 9.70. The van der Waals surface area contributed by atoms with Crippen molar-refractivity contribution in [3.05, 3.63) is 28.7 Å². The van der Waals surface area contributed by atoms with Gasteiger partial charge in [0.1, 0.15) is 0 Å². The van der Waals surface area contributed by atoms with Gasteiger partial charge in [-0.05, 0) is 30.4 Å². The molecule has 0 spiro atoms. The Morgan fingerprint density at radius 2 is 2.31 bits per heavy atom. The van der Waals surface area contributed by atoms with Crippen LogP contribution in [0.3, 0.4) is 0 Å². The second-order valence-electron chi connectivity index (χ2n) is 2.61. The molecular weight excluding hydrogens is 244 g/mol. The molecule has 0 N–H and O–H groups in total. The number of terminal acetylenes is 1. The lowest BCUT2D eigenvalue weighted by atomic mass is 10.4. The van der Waals surface area contributed by atoms with Gasteiger partial charge in [0.05, 0.1) is 0 Å². The van der Waals surface area contributed by atoms with E-state index in [-0.39, 0.29) is 0 Å². The Labute approximate surface area is 92.2 Å². The molecule has 0 radical (unpaired) electrons. The molecule has 0 nitrogen and oxygen atoms in total. The van der Waals surface area contributed by atoms with Crippen LogP contribution in [-0.2, 0) is 0 Å². The Morgan fingerprint density at radius 3 is 3.00 bits per heavy atom. The minimum Gasteiger partial charge on any atom is -0.126 e. The van der Waals surface area contributed by atoms with Crippen molar-refractivity contribution in [3.8, 4) is 12.3 Å². The maximum atomic E-state index is 5.17. The number of unbranched alkanes of at least 4 members (excludes halogenated alkanes) is 1. The maximum Gasteiger partial charge on any atom is 0.0186 e. The highest BCUT2D eigenvalue weighted by Crippen LogP contribution is 2.22. The molecule has 0 bridgehead atoms. The van der Waals surface area contributed by atoms with Crippen molar-refractivity contribution in [1.82, 2.24) is 0 Å². The summed E-state index contributed by atoms with van der Waals surface area (Å²) in [5.41, 5.74) is 0. The first kappa shape index (κ1) is 10.7. The average Bonchev–Trinajstić information content (AvgIpc) is 2.13. The van der Waals surface area contributed by atoms with Crippen LogP contribution in [0.15, 0.2) is 33.6 Å². The van der Waals surface area contributed by atoms with Gasteiger partial charge in [-0.2, -0.15) is 0 Å². The van der Waals surface area contributed by atoms with Crippen LogP contribution in [0.25, 0.3) is 0 Å². The highest BCUT2D eigenvalue weighted by atomic mass is 79.9. The number of hydrogen-bond donors (Lipinski definition) is 0. The van der Waals surface area contributed by atoms with E-state index in [1.54, 1.807) is 0 Å². The van der Waals surface area contributed by atoms with Crippen molar-refractivity contribution in [2.75, 3.05) is 5.75 Å². The topological polar surface area (TPSA) is 0 Å². The van der Waals surface area contributed by atoms with Crippen LogP contribution < -0.4 is 0 Å². The predicted octanol–water partition coefficient (Wildman–Crippen LogP) is 3.95. The zero-order chi connectivity index (χ0) is 9.52. The number of halogens is 1. The van der Waals surface area contributed by atoms with Crippen LogP contribution in [0.5, 0.6) is 0 Å². The molecule has 0 fully saturated rings. The van der Waals surface area contributed by atoms with Crippen molar-refractivity contribution >= 4 is 27.7 Å². The Bertz CT molecular complexity index is 301. The van der Waals surface area contributed by atoms with E-state index in [4.69, 9.17) is 6.42 Å². The summed E-state index contributed by atoms with van der Waals surface area (Å²) < 4.78 is 1.13. The molecule has 0 aliphatic rings.